The summed E-state index contributed by atoms with van der Waals surface area (Å²) in [6.45, 7) is 1.95. The number of hydrogen-bond donors (Lipinski definition) is 1. The van der Waals surface area contributed by atoms with E-state index in [4.69, 9.17) is 4.74 Å². The highest BCUT2D eigenvalue weighted by Gasteiger charge is 2.28. The summed E-state index contributed by atoms with van der Waals surface area (Å²) in [6.07, 6.45) is 2.37. The zero-order valence-corrected chi connectivity index (χ0v) is 11.7. The van der Waals surface area contributed by atoms with Gasteiger partial charge in [-0.25, -0.2) is 4.39 Å². The van der Waals surface area contributed by atoms with Crippen molar-refractivity contribution in [3.63, 3.8) is 0 Å². The van der Waals surface area contributed by atoms with Crippen molar-refractivity contribution in [3.8, 4) is 5.75 Å². The summed E-state index contributed by atoms with van der Waals surface area (Å²) in [6, 6.07) is 4.31. The van der Waals surface area contributed by atoms with E-state index in [0.717, 1.165) is 0 Å². The monoisotopic (exact) mass is 315 g/mol. The maximum atomic E-state index is 12.8. The van der Waals surface area contributed by atoms with E-state index in [1.54, 1.807) is 0 Å². The average Bonchev–Trinajstić information content (AvgIpc) is 3.11. The molecule has 1 atom stereocenters. The van der Waals surface area contributed by atoms with Crippen LogP contribution in [0.2, 0.25) is 0 Å². The standard InChI is InChI=1S/C13H15BrFNO2/c1-8(9-2-3-9)16-13(17)7-18-12-5-4-10(15)6-11(12)14/h4-6,8-9H,2-3,7H2,1H3,(H,16,17). The van der Waals surface area contributed by atoms with Gasteiger partial charge in [-0.05, 0) is 59.8 Å². The second-order valence-electron chi connectivity index (χ2n) is 4.56. The molecule has 1 aliphatic rings. The molecule has 0 bridgehead atoms. The van der Waals surface area contributed by atoms with E-state index in [1.807, 2.05) is 6.92 Å². The molecule has 18 heavy (non-hydrogen) atoms. The van der Waals surface area contributed by atoms with Crippen molar-refractivity contribution in [1.82, 2.24) is 5.32 Å². The Morgan fingerprint density at radius 3 is 2.94 bits per heavy atom. The number of nitrogens with one attached hydrogen (secondary N) is 1. The zero-order chi connectivity index (χ0) is 13.1. The van der Waals surface area contributed by atoms with E-state index in [9.17, 15) is 9.18 Å². The number of amides is 1. The first kappa shape index (κ1) is 13.3. The number of rotatable bonds is 5. The predicted octanol–water partition coefficient (Wildman–Crippen LogP) is 2.88. The highest BCUT2D eigenvalue weighted by molar-refractivity contribution is 9.10. The largest absolute Gasteiger partial charge is 0.483 e. The lowest BCUT2D eigenvalue weighted by atomic mass is 10.2. The van der Waals surface area contributed by atoms with E-state index >= 15 is 0 Å². The van der Waals surface area contributed by atoms with Crippen molar-refractivity contribution < 1.29 is 13.9 Å². The molecule has 0 saturated heterocycles. The van der Waals surface area contributed by atoms with Gasteiger partial charge in [0.05, 0.1) is 4.47 Å². The number of carbonyl (C=O) groups excluding carboxylic acids is 1. The summed E-state index contributed by atoms with van der Waals surface area (Å²) in [5.74, 6) is 0.587. The minimum Gasteiger partial charge on any atom is -0.483 e. The first-order chi connectivity index (χ1) is 8.56. The summed E-state index contributed by atoms with van der Waals surface area (Å²) in [4.78, 5) is 11.6. The Hall–Kier alpha value is -1.10. The Morgan fingerprint density at radius 2 is 2.33 bits per heavy atom. The van der Waals surface area contributed by atoms with Crippen molar-refractivity contribution >= 4 is 21.8 Å². The van der Waals surface area contributed by atoms with Crippen molar-refractivity contribution in [2.75, 3.05) is 6.61 Å². The molecular formula is C13H15BrFNO2. The molecular weight excluding hydrogens is 301 g/mol. The number of halogens is 2. The predicted molar refractivity (Wildman–Crippen MR) is 69.9 cm³/mol. The number of carbonyl (C=O) groups is 1. The Morgan fingerprint density at radius 1 is 1.61 bits per heavy atom. The van der Waals surface area contributed by atoms with Crippen LogP contribution in [0.25, 0.3) is 0 Å². The topological polar surface area (TPSA) is 38.3 Å². The van der Waals surface area contributed by atoms with Gasteiger partial charge in [0.15, 0.2) is 6.61 Å². The third-order valence-electron chi connectivity index (χ3n) is 2.97. The molecule has 1 N–H and O–H groups in total. The van der Waals surface area contributed by atoms with Gasteiger partial charge < -0.3 is 10.1 Å². The van der Waals surface area contributed by atoms with Gasteiger partial charge in [0.25, 0.3) is 5.91 Å². The first-order valence-corrected chi connectivity index (χ1v) is 6.73. The lowest BCUT2D eigenvalue weighted by Crippen LogP contribution is -2.37. The van der Waals surface area contributed by atoms with Crippen molar-refractivity contribution in [1.29, 1.82) is 0 Å². The molecule has 98 valence electrons. The molecule has 1 fully saturated rings. The van der Waals surface area contributed by atoms with Crippen LogP contribution in [0.3, 0.4) is 0 Å². The van der Waals surface area contributed by atoms with Gasteiger partial charge >= 0.3 is 0 Å². The van der Waals surface area contributed by atoms with E-state index in [-0.39, 0.29) is 24.4 Å². The third kappa shape index (κ3) is 3.70. The SMILES string of the molecule is CC(NC(=O)COc1ccc(F)cc1Br)C1CC1. The second kappa shape index (κ2) is 5.69. The molecule has 0 heterocycles. The van der Waals surface area contributed by atoms with Gasteiger partial charge in [-0.1, -0.05) is 0 Å². The van der Waals surface area contributed by atoms with Crippen LogP contribution < -0.4 is 10.1 Å². The zero-order valence-electron chi connectivity index (χ0n) is 10.1. The maximum Gasteiger partial charge on any atom is 0.258 e. The molecule has 1 aromatic rings. The molecule has 1 amide bonds. The molecule has 0 spiro atoms. The van der Waals surface area contributed by atoms with Crippen LogP contribution in [0.15, 0.2) is 22.7 Å². The summed E-state index contributed by atoms with van der Waals surface area (Å²) < 4.78 is 18.7. The first-order valence-electron chi connectivity index (χ1n) is 5.93. The molecule has 1 saturated carbocycles. The van der Waals surface area contributed by atoms with Crippen LogP contribution in [0.1, 0.15) is 19.8 Å². The fourth-order valence-corrected chi connectivity index (χ4v) is 2.21. The molecule has 1 aliphatic carbocycles. The molecule has 0 radical (unpaired) electrons. The number of benzene rings is 1. The van der Waals surface area contributed by atoms with Crippen molar-refractivity contribution in [2.45, 2.75) is 25.8 Å². The average molecular weight is 316 g/mol. The summed E-state index contributed by atoms with van der Waals surface area (Å²) >= 11 is 3.18. The van der Waals surface area contributed by atoms with Gasteiger partial charge in [0.1, 0.15) is 11.6 Å². The fourth-order valence-electron chi connectivity index (χ4n) is 1.75. The highest BCUT2D eigenvalue weighted by Crippen LogP contribution is 2.32. The van der Waals surface area contributed by atoms with Crippen LogP contribution in [0.5, 0.6) is 5.75 Å². The Bertz CT molecular complexity index is 449. The Balaban J connectivity index is 1.81. The smallest absolute Gasteiger partial charge is 0.258 e. The Labute approximate surface area is 114 Å². The maximum absolute atomic E-state index is 12.8. The number of ether oxygens (including phenoxy) is 1. The lowest BCUT2D eigenvalue weighted by Gasteiger charge is -2.13. The van der Waals surface area contributed by atoms with Crippen LogP contribution in [-0.4, -0.2) is 18.6 Å². The second-order valence-corrected chi connectivity index (χ2v) is 5.41. The van der Waals surface area contributed by atoms with Gasteiger partial charge in [0, 0.05) is 6.04 Å². The van der Waals surface area contributed by atoms with Crippen molar-refractivity contribution in [2.24, 2.45) is 5.92 Å². The van der Waals surface area contributed by atoms with Gasteiger partial charge in [-0.15, -0.1) is 0 Å². The minimum absolute atomic E-state index is 0.0543. The Kier molecular flexibility index (Phi) is 4.22. The quantitative estimate of drug-likeness (QED) is 0.907. The van der Waals surface area contributed by atoms with Gasteiger partial charge in [0.2, 0.25) is 0 Å². The van der Waals surface area contributed by atoms with E-state index in [1.165, 1.54) is 31.0 Å². The summed E-state index contributed by atoms with van der Waals surface area (Å²) in [5, 5.41) is 2.89. The van der Waals surface area contributed by atoms with E-state index in [0.29, 0.717) is 16.1 Å². The van der Waals surface area contributed by atoms with Gasteiger partial charge in [-0.2, -0.15) is 0 Å². The third-order valence-corrected chi connectivity index (χ3v) is 3.59. The van der Waals surface area contributed by atoms with Crippen LogP contribution >= 0.6 is 15.9 Å². The molecule has 3 nitrogen and oxygen atoms in total. The fraction of sp³-hybridized carbons (Fsp3) is 0.462. The van der Waals surface area contributed by atoms with E-state index < -0.39 is 0 Å². The normalized spacial score (nSPS) is 16.2. The van der Waals surface area contributed by atoms with E-state index in [2.05, 4.69) is 21.2 Å². The molecule has 1 unspecified atom stereocenters. The summed E-state index contributed by atoms with van der Waals surface area (Å²) in [7, 11) is 0. The van der Waals surface area contributed by atoms with Crippen molar-refractivity contribution in [3.05, 3.63) is 28.5 Å². The van der Waals surface area contributed by atoms with Crippen LogP contribution in [0.4, 0.5) is 4.39 Å². The molecule has 0 aromatic heterocycles. The molecule has 2 rings (SSSR count). The lowest BCUT2D eigenvalue weighted by molar-refractivity contribution is -0.123. The van der Waals surface area contributed by atoms with Gasteiger partial charge in [-0.3, -0.25) is 4.79 Å². The van der Waals surface area contributed by atoms with Crippen LogP contribution in [-0.2, 0) is 4.79 Å². The highest BCUT2D eigenvalue weighted by atomic mass is 79.9. The minimum atomic E-state index is -0.346. The molecule has 1 aromatic carbocycles. The van der Waals surface area contributed by atoms with Crippen LogP contribution in [0, 0.1) is 11.7 Å². The number of hydrogen-bond acceptors (Lipinski definition) is 2. The molecule has 5 heteroatoms. The molecule has 0 aliphatic heterocycles. The summed E-state index contributed by atoms with van der Waals surface area (Å²) in [5.41, 5.74) is 0.